The maximum absolute atomic E-state index is 14.2. The first kappa shape index (κ1) is 28.9. The van der Waals surface area contributed by atoms with E-state index in [1.807, 2.05) is 39.8 Å². The average molecular weight is 510 g/mol. The van der Waals surface area contributed by atoms with Gasteiger partial charge in [-0.3, -0.25) is 9.59 Å². The fraction of sp³-hybridized carbons (Fsp3) is 0.548. The van der Waals surface area contributed by atoms with Gasteiger partial charge in [-0.25, -0.2) is 0 Å². The van der Waals surface area contributed by atoms with E-state index in [9.17, 15) is 19.8 Å². The molecule has 0 aliphatic heterocycles. The molecule has 37 heavy (non-hydrogen) atoms. The standard InChI is InChI=1S/C31H43NO5/c1-8-16-30-18-22(13-10-20(3)4)29(5,6)31(17-9-2,28(30)36)26(34)24(25(30)33)27(35)32-19-21-11-14-23(37-7)15-12-21/h8-12,14-15,22,24,26,28,34,36H,1-2,13,16-19H2,3-7H3,(H,32,35)/t22-,24?,26?,28?,30-,31+/m1/s1. The highest BCUT2D eigenvalue weighted by Crippen LogP contribution is 2.68. The molecule has 3 unspecified atom stereocenters. The van der Waals surface area contributed by atoms with E-state index in [1.165, 1.54) is 5.57 Å². The number of aliphatic hydroxyl groups is 2. The molecule has 0 heterocycles. The van der Waals surface area contributed by atoms with Crippen LogP contribution in [-0.4, -0.2) is 41.2 Å². The first-order valence-corrected chi connectivity index (χ1v) is 13.1. The molecule has 0 saturated heterocycles. The number of allylic oxidation sites excluding steroid dienone is 4. The topological polar surface area (TPSA) is 95.9 Å². The van der Waals surface area contributed by atoms with Crippen molar-refractivity contribution in [2.24, 2.45) is 28.1 Å². The van der Waals surface area contributed by atoms with E-state index in [4.69, 9.17) is 4.74 Å². The summed E-state index contributed by atoms with van der Waals surface area (Å²) in [7, 11) is 1.59. The van der Waals surface area contributed by atoms with E-state index in [2.05, 4.69) is 24.6 Å². The number of fused-ring (bicyclic) bond motifs is 2. The normalized spacial score (nSPS) is 32.2. The Morgan fingerprint density at radius 3 is 2.30 bits per heavy atom. The van der Waals surface area contributed by atoms with Gasteiger partial charge in [-0.2, -0.15) is 0 Å². The number of Topliss-reactive ketones (excluding diaryl/α,β-unsaturated/α-hetero) is 1. The van der Waals surface area contributed by atoms with Crippen molar-refractivity contribution < 1.29 is 24.5 Å². The number of hydrogen-bond acceptors (Lipinski definition) is 5. The number of carbonyl (C=O) groups is 2. The number of rotatable bonds is 10. The number of aliphatic hydroxyl groups excluding tert-OH is 2. The lowest BCUT2D eigenvalue weighted by atomic mass is 9.37. The Morgan fingerprint density at radius 1 is 1.14 bits per heavy atom. The maximum Gasteiger partial charge on any atom is 0.233 e. The third kappa shape index (κ3) is 4.70. The predicted octanol–water partition coefficient (Wildman–Crippen LogP) is 4.76. The van der Waals surface area contributed by atoms with Gasteiger partial charge in [0.15, 0.2) is 5.78 Å². The summed E-state index contributed by atoms with van der Waals surface area (Å²) in [6, 6.07) is 7.28. The molecule has 2 fully saturated rings. The Hall–Kier alpha value is -2.70. The number of methoxy groups -OCH3 is 1. The molecule has 3 rings (SSSR count). The highest BCUT2D eigenvalue weighted by molar-refractivity contribution is 6.06. The first-order valence-electron chi connectivity index (χ1n) is 13.1. The Kier molecular flexibility index (Phi) is 8.55. The molecule has 2 aliphatic rings. The number of hydrogen-bond donors (Lipinski definition) is 3. The Morgan fingerprint density at radius 2 is 1.76 bits per heavy atom. The molecular formula is C31H43NO5. The molecule has 2 saturated carbocycles. The zero-order chi connectivity index (χ0) is 27.6. The highest BCUT2D eigenvalue weighted by atomic mass is 16.5. The average Bonchev–Trinajstić information content (AvgIpc) is 2.85. The number of amides is 1. The molecule has 6 heteroatoms. The summed E-state index contributed by atoms with van der Waals surface area (Å²) in [5.41, 5.74) is -0.916. The smallest absolute Gasteiger partial charge is 0.233 e. The van der Waals surface area contributed by atoms with Gasteiger partial charge in [-0.15, -0.1) is 13.2 Å². The number of nitrogens with one attached hydrogen (secondary N) is 1. The number of ketones is 1. The number of benzene rings is 1. The van der Waals surface area contributed by atoms with Crippen LogP contribution in [0.15, 0.2) is 61.2 Å². The van der Waals surface area contributed by atoms with Crippen LogP contribution in [0.25, 0.3) is 0 Å². The maximum atomic E-state index is 14.2. The summed E-state index contributed by atoms with van der Waals surface area (Å²) >= 11 is 0. The summed E-state index contributed by atoms with van der Waals surface area (Å²) in [5.74, 6) is -1.52. The second-order valence-electron chi connectivity index (χ2n) is 11.6. The van der Waals surface area contributed by atoms with Crippen molar-refractivity contribution in [2.75, 3.05) is 7.11 Å². The zero-order valence-corrected chi connectivity index (χ0v) is 22.9. The summed E-state index contributed by atoms with van der Waals surface area (Å²) < 4.78 is 5.19. The van der Waals surface area contributed by atoms with E-state index >= 15 is 0 Å². The van der Waals surface area contributed by atoms with E-state index in [0.717, 1.165) is 5.56 Å². The Labute approximate surface area is 221 Å². The van der Waals surface area contributed by atoms with E-state index in [1.54, 1.807) is 31.4 Å². The highest BCUT2D eigenvalue weighted by Gasteiger charge is 2.74. The van der Waals surface area contributed by atoms with Gasteiger partial charge in [0.2, 0.25) is 5.91 Å². The van der Waals surface area contributed by atoms with Crippen molar-refractivity contribution in [3.05, 3.63) is 66.8 Å². The van der Waals surface area contributed by atoms with E-state index < -0.39 is 46.1 Å². The van der Waals surface area contributed by atoms with Crippen LogP contribution in [0.2, 0.25) is 0 Å². The predicted molar refractivity (Wildman–Crippen MR) is 146 cm³/mol. The molecule has 1 amide bonds. The van der Waals surface area contributed by atoms with Crippen molar-refractivity contribution in [3.63, 3.8) is 0 Å². The lowest BCUT2D eigenvalue weighted by molar-refractivity contribution is -0.260. The molecule has 202 valence electrons. The van der Waals surface area contributed by atoms with Crippen molar-refractivity contribution in [2.45, 2.75) is 72.1 Å². The molecule has 6 nitrogen and oxygen atoms in total. The van der Waals surface area contributed by atoms with Crippen LogP contribution in [0.3, 0.4) is 0 Å². The van der Waals surface area contributed by atoms with Gasteiger partial charge in [-0.05, 0) is 68.6 Å². The van der Waals surface area contributed by atoms with E-state index in [-0.39, 0.29) is 25.3 Å². The zero-order valence-electron chi connectivity index (χ0n) is 22.9. The third-order valence-electron chi connectivity index (χ3n) is 9.17. The van der Waals surface area contributed by atoms with Gasteiger partial charge in [0.05, 0.1) is 24.7 Å². The summed E-state index contributed by atoms with van der Waals surface area (Å²) in [6.07, 6.45) is 4.65. The van der Waals surface area contributed by atoms with Gasteiger partial charge in [0, 0.05) is 12.0 Å². The number of carbonyl (C=O) groups excluding carboxylic acids is 2. The van der Waals surface area contributed by atoms with Gasteiger partial charge >= 0.3 is 0 Å². The molecule has 2 bridgehead atoms. The second kappa shape index (κ2) is 11.0. The molecule has 2 aliphatic carbocycles. The minimum atomic E-state index is -1.37. The fourth-order valence-electron chi connectivity index (χ4n) is 6.91. The quantitative estimate of drug-likeness (QED) is 0.312. The molecule has 1 aromatic carbocycles. The van der Waals surface area contributed by atoms with Crippen LogP contribution < -0.4 is 10.1 Å². The first-order chi connectivity index (χ1) is 17.4. The van der Waals surface area contributed by atoms with Crippen LogP contribution in [0.4, 0.5) is 0 Å². The van der Waals surface area contributed by atoms with Crippen LogP contribution >= 0.6 is 0 Å². The largest absolute Gasteiger partial charge is 0.497 e. The Balaban J connectivity index is 2.06. The van der Waals surface area contributed by atoms with Crippen molar-refractivity contribution in [1.82, 2.24) is 5.32 Å². The fourth-order valence-corrected chi connectivity index (χ4v) is 6.91. The van der Waals surface area contributed by atoms with Crippen LogP contribution in [0, 0.1) is 28.1 Å². The van der Waals surface area contributed by atoms with Gasteiger partial charge in [-0.1, -0.05) is 49.8 Å². The summed E-state index contributed by atoms with van der Waals surface area (Å²) in [5, 5.41) is 26.7. The Bertz CT molecular complexity index is 1050. The lowest BCUT2D eigenvalue weighted by Crippen LogP contribution is -2.75. The molecule has 3 N–H and O–H groups in total. The molecule has 0 spiro atoms. The minimum absolute atomic E-state index is 0.00705. The van der Waals surface area contributed by atoms with Crippen molar-refractivity contribution in [3.8, 4) is 5.75 Å². The molecule has 6 atom stereocenters. The van der Waals surface area contributed by atoms with Gasteiger partial charge in [0.1, 0.15) is 11.7 Å². The molecule has 1 aromatic rings. The van der Waals surface area contributed by atoms with Crippen LogP contribution in [0.5, 0.6) is 5.75 Å². The van der Waals surface area contributed by atoms with Gasteiger partial charge in [0.25, 0.3) is 0 Å². The van der Waals surface area contributed by atoms with Crippen LogP contribution in [-0.2, 0) is 16.1 Å². The van der Waals surface area contributed by atoms with Crippen molar-refractivity contribution in [1.29, 1.82) is 0 Å². The number of ether oxygens (including phenoxy) is 1. The summed E-state index contributed by atoms with van der Waals surface area (Å²) in [4.78, 5) is 27.8. The third-order valence-corrected chi connectivity index (χ3v) is 9.17. The van der Waals surface area contributed by atoms with Crippen molar-refractivity contribution >= 4 is 11.7 Å². The molecule has 0 radical (unpaired) electrons. The van der Waals surface area contributed by atoms with Crippen LogP contribution in [0.1, 0.15) is 58.9 Å². The monoisotopic (exact) mass is 509 g/mol. The molecular weight excluding hydrogens is 466 g/mol. The lowest BCUT2D eigenvalue weighted by Gasteiger charge is -2.68. The van der Waals surface area contributed by atoms with Gasteiger partial charge < -0.3 is 20.3 Å². The second-order valence-corrected chi connectivity index (χ2v) is 11.6. The molecule has 0 aromatic heterocycles. The SMILES string of the molecule is C=CC[C@@]12C[C@@H](CC=C(C)C)C(C)(C)[C@@](CC=C)(C(O)C(C(=O)NCc3ccc(OC)cc3)C1=O)C2O. The van der Waals surface area contributed by atoms with E-state index in [0.29, 0.717) is 18.6 Å². The minimum Gasteiger partial charge on any atom is -0.497 e. The summed E-state index contributed by atoms with van der Waals surface area (Å²) in [6.45, 7) is 16.2.